The molecule has 1 aromatic heterocycles. The number of nitrogens with zero attached hydrogens (tertiary/aromatic N) is 1. The second-order valence-corrected chi connectivity index (χ2v) is 6.47. The third-order valence-electron chi connectivity index (χ3n) is 4.48. The Morgan fingerprint density at radius 3 is 2.37 bits per heavy atom. The number of rotatable bonds is 5. The van der Waals surface area contributed by atoms with Gasteiger partial charge >= 0.3 is 6.18 Å². The first-order valence-corrected chi connectivity index (χ1v) is 8.90. The molecule has 1 saturated heterocycles. The van der Waals surface area contributed by atoms with E-state index in [2.05, 4.69) is 0 Å². The van der Waals surface area contributed by atoms with Gasteiger partial charge in [-0.1, -0.05) is 12.1 Å². The van der Waals surface area contributed by atoms with Crippen molar-refractivity contribution in [1.82, 2.24) is 9.88 Å². The predicted molar refractivity (Wildman–Crippen MR) is 98.9 cm³/mol. The predicted octanol–water partition coefficient (Wildman–Crippen LogP) is 1.40. The third-order valence-corrected chi connectivity index (χ3v) is 4.48. The molecule has 0 unspecified atom stereocenters. The zero-order valence-corrected chi connectivity index (χ0v) is 15.6. The minimum absolute atomic E-state index is 0.0768. The normalized spacial score (nSPS) is 14.4. The molecule has 11 heteroatoms. The number of pyridine rings is 1. The Bertz CT molecular complexity index is 996. The van der Waals surface area contributed by atoms with Crippen LogP contribution in [0, 0.1) is 0 Å². The first-order valence-electron chi connectivity index (χ1n) is 8.90. The van der Waals surface area contributed by atoms with Crippen LogP contribution in [0.3, 0.4) is 0 Å². The highest BCUT2D eigenvalue weighted by molar-refractivity contribution is 5.94. The Morgan fingerprint density at radius 1 is 1.17 bits per heavy atom. The maximum absolute atomic E-state index is 13.4. The van der Waals surface area contributed by atoms with Gasteiger partial charge in [-0.15, -0.1) is 0 Å². The maximum Gasteiger partial charge on any atom is 0.431 e. The van der Waals surface area contributed by atoms with Gasteiger partial charge in [0.1, 0.15) is 17.0 Å². The number of H-pyrrole nitrogens is 1. The summed E-state index contributed by atoms with van der Waals surface area (Å²) >= 11 is 0. The van der Waals surface area contributed by atoms with Crippen molar-refractivity contribution in [2.75, 3.05) is 32.9 Å². The van der Waals surface area contributed by atoms with Gasteiger partial charge in [-0.25, -0.2) is 0 Å². The van der Waals surface area contributed by atoms with Crippen LogP contribution in [0.5, 0.6) is 5.75 Å². The van der Waals surface area contributed by atoms with E-state index in [9.17, 15) is 27.6 Å². The lowest BCUT2D eigenvalue weighted by Crippen LogP contribution is -2.42. The topological polar surface area (TPSA) is 115 Å². The quantitative estimate of drug-likeness (QED) is 0.752. The average molecular weight is 425 g/mol. The van der Waals surface area contributed by atoms with Gasteiger partial charge in [-0.2, -0.15) is 13.2 Å². The average Bonchev–Trinajstić information content (AvgIpc) is 2.72. The molecule has 0 aliphatic carbocycles. The number of amides is 2. The number of benzene rings is 1. The maximum atomic E-state index is 13.4. The van der Waals surface area contributed by atoms with Crippen LogP contribution in [0.4, 0.5) is 13.2 Å². The summed E-state index contributed by atoms with van der Waals surface area (Å²) in [7, 11) is 0. The van der Waals surface area contributed by atoms with Gasteiger partial charge in [0.15, 0.2) is 6.61 Å². The number of carbonyl (C=O) groups excluding carboxylic acids is 2. The lowest BCUT2D eigenvalue weighted by molar-refractivity contribution is -0.140. The van der Waals surface area contributed by atoms with Gasteiger partial charge in [0.05, 0.1) is 13.2 Å². The number of nitrogens with two attached hydrogens (primary N) is 1. The zero-order valence-electron chi connectivity index (χ0n) is 15.6. The van der Waals surface area contributed by atoms with E-state index < -0.39 is 34.5 Å². The van der Waals surface area contributed by atoms with Crippen LogP contribution < -0.4 is 16.0 Å². The Kier molecular flexibility index (Phi) is 6.11. The molecular weight excluding hydrogens is 407 g/mol. The number of primary amides is 1. The fraction of sp³-hybridized carbons (Fsp3) is 0.316. The fourth-order valence-electron chi connectivity index (χ4n) is 2.94. The Labute approximate surface area is 168 Å². The Hall–Kier alpha value is -3.34. The van der Waals surface area contributed by atoms with E-state index in [-0.39, 0.29) is 23.8 Å². The van der Waals surface area contributed by atoms with Crippen LogP contribution in [0.25, 0.3) is 11.1 Å². The number of carbonyl (C=O) groups is 2. The highest BCUT2D eigenvalue weighted by atomic mass is 19.4. The SMILES string of the molecule is NC(=O)c1cc(-c2ccc(OCC(=O)N3CCOCC3)cc2)c(C(F)(F)F)[nH]c1=O. The van der Waals surface area contributed by atoms with Gasteiger partial charge in [0.2, 0.25) is 0 Å². The van der Waals surface area contributed by atoms with E-state index in [0.29, 0.717) is 26.3 Å². The van der Waals surface area contributed by atoms with Crippen molar-refractivity contribution in [3.8, 4) is 16.9 Å². The van der Waals surface area contributed by atoms with Crippen LogP contribution in [0.2, 0.25) is 0 Å². The Morgan fingerprint density at radius 2 is 1.80 bits per heavy atom. The molecule has 8 nitrogen and oxygen atoms in total. The highest BCUT2D eigenvalue weighted by Gasteiger charge is 2.36. The minimum atomic E-state index is -4.86. The lowest BCUT2D eigenvalue weighted by atomic mass is 10.0. The fourth-order valence-corrected chi connectivity index (χ4v) is 2.94. The third kappa shape index (κ3) is 4.79. The van der Waals surface area contributed by atoms with E-state index in [4.69, 9.17) is 15.2 Å². The number of ether oxygens (including phenoxy) is 2. The standard InChI is InChI=1S/C19H18F3N3O5/c20-19(21,22)16-13(9-14(17(23)27)18(28)24-16)11-1-3-12(4-2-11)30-10-15(26)25-5-7-29-8-6-25/h1-4,9H,5-8,10H2,(H2,23,27)(H,24,28). The van der Waals surface area contributed by atoms with Gasteiger partial charge in [0.25, 0.3) is 17.4 Å². The van der Waals surface area contributed by atoms with Gasteiger partial charge in [-0.05, 0) is 23.8 Å². The highest BCUT2D eigenvalue weighted by Crippen LogP contribution is 2.35. The molecule has 3 rings (SSSR count). The molecular formula is C19H18F3N3O5. The van der Waals surface area contributed by atoms with Crippen LogP contribution in [0.15, 0.2) is 35.1 Å². The van der Waals surface area contributed by atoms with Crippen molar-refractivity contribution in [3.63, 3.8) is 0 Å². The van der Waals surface area contributed by atoms with Crippen LogP contribution in [-0.2, 0) is 15.7 Å². The summed E-state index contributed by atoms with van der Waals surface area (Å²) in [6.07, 6.45) is -4.86. The molecule has 0 saturated carbocycles. The number of halogens is 3. The van der Waals surface area contributed by atoms with Crippen molar-refractivity contribution < 1.29 is 32.2 Å². The van der Waals surface area contributed by atoms with E-state index in [1.54, 1.807) is 9.88 Å². The van der Waals surface area contributed by atoms with Crippen molar-refractivity contribution in [2.45, 2.75) is 6.18 Å². The summed E-state index contributed by atoms with van der Waals surface area (Å²) < 4.78 is 50.6. The molecule has 0 atom stereocenters. The summed E-state index contributed by atoms with van der Waals surface area (Å²) in [5.74, 6) is -1.10. The van der Waals surface area contributed by atoms with E-state index in [1.165, 1.54) is 24.3 Å². The molecule has 3 N–H and O–H groups in total. The van der Waals surface area contributed by atoms with Gasteiger partial charge in [-0.3, -0.25) is 14.4 Å². The van der Waals surface area contributed by atoms with Crippen LogP contribution in [0.1, 0.15) is 16.1 Å². The van der Waals surface area contributed by atoms with Crippen LogP contribution >= 0.6 is 0 Å². The number of hydrogen-bond donors (Lipinski definition) is 2. The number of hydrogen-bond acceptors (Lipinski definition) is 5. The molecule has 1 aromatic carbocycles. The monoisotopic (exact) mass is 425 g/mol. The molecule has 160 valence electrons. The first kappa shape index (κ1) is 21.4. The molecule has 1 aliphatic heterocycles. The molecule has 0 radical (unpaired) electrons. The molecule has 2 aromatic rings. The molecule has 2 amide bonds. The molecule has 0 bridgehead atoms. The summed E-state index contributed by atoms with van der Waals surface area (Å²) in [5, 5.41) is 0. The Balaban J connectivity index is 1.81. The summed E-state index contributed by atoms with van der Waals surface area (Å²) in [5.41, 5.74) is 1.63. The van der Waals surface area contributed by atoms with Crippen molar-refractivity contribution in [2.24, 2.45) is 5.73 Å². The largest absolute Gasteiger partial charge is 0.484 e. The van der Waals surface area contributed by atoms with Crippen molar-refractivity contribution >= 4 is 11.8 Å². The summed E-state index contributed by atoms with van der Waals surface area (Å²) in [6.45, 7) is 1.62. The number of morpholine rings is 1. The second kappa shape index (κ2) is 8.57. The number of aromatic nitrogens is 1. The summed E-state index contributed by atoms with van der Waals surface area (Å²) in [6, 6.07) is 6.22. The first-order chi connectivity index (χ1) is 14.2. The lowest BCUT2D eigenvalue weighted by Gasteiger charge is -2.26. The molecule has 1 fully saturated rings. The van der Waals surface area contributed by atoms with E-state index >= 15 is 0 Å². The molecule has 1 aliphatic rings. The van der Waals surface area contributed by atoms with E-state index in [1.807, 2.05) is 0 Å². The van der Waals surface area contributed by atoms with Crippen molar-refractivity contribution in [3.05, 3.63) is 51.9 Å². The van der Waals surface area contributed by atoms with Crippen LogP contribution in [-0.4, -0.2) is 54.6 Å². The van der Waals surface area contributed by atoms with Crippen molar-refractivity contribution in [1.29, 1.82) is 0 Å². The van der Waals surface area contributed by atoms with Gasteiger partial charge < -0.3 is 25.1 Å². The molecule has 2 heterocycles. The smallest absolute Gasteiger partial charge is 0.431 e. The number of alkyl halides is 3. The van der Waals surface area contributed by atoms with E-state index in [0.717, 1.165) is 6.07 Å². The minimum Gasteiger partial charge on any atom is -0.484 e. The summed E-state index contributed by atoms with van der Waals surface area (Å²) in [4.78, 5) is 38.5. The molecule has 0 spiro atoms. The number of nitrogens with one attached hydrogen (secondary N) is 1. The second-order valence-electron chi connectivity index (χ2n) is 6.47. The zero-order chi connectivity index (χ0) is 21.9. The molecule has 30 heavy (non-hydrogen) atoms. The van der Waals surface area contributed by atoms with Gasteiger partial charge in [0, 0.05) is 18.7 Å². The number of aromatic amines is 1.